The summed E-state index contributed by atoms with van der Waals surface area (Å²) in [6, 6.07) is 5.13. The molecule has 2 aromatic rings. The minimum Gasteiger partial charge on any atom is -0.493 e. The monoisotopic (exact) mass is 405 g/mol. The maximum absolute atomic E-state index is 12.6. The van der Waals surface area contributed by atoms with Gasteiger partial charge in [0.05, 0.1) is 31.6 Å². The zero-order valence-electron chi connectivity index (χ0n) is 16.7. The molecule has 2 heterocycles. The number of rotatable bonds is 7. The molecule has 1 fully saturated rings. The molecule has 1 amide bonds. The lowest BCUT2D eigenvalue weighted by Crippen LogP contribution is -2.44. The summed E-state index contributed by atoms with van der Waals surface area (Å²) in [5.41, 5.74) is 1.44. The third kappa shape index (κ3) is 5.21. The van der Waals surface area contributed by atoms with Crippen LogP contribution < -0.4 is 14.8 Å². The predicted molar refractivity (Wildman–Crippen MR) is 110 cm³/mol. The van der Waals surface area contributed by atoms with Crippen molar-refractivity contribution in [1.29, 1.82) is 0 Å². The van der Waals surface area contributed by atoms with Gasteiger partial charge in [-0.15, -0.1) is 11.3 Å². The van der Waals surface area contributed by atoms with Crippen LogP contribution in [-0.2, 0) is 11.3 Å². The summed E-state index contributed by atoms with van der Waals surface area (Å²) in [6.07, 6.45) is 0.437. The van der Waals surface area contributed by atoms with Gasteiger partial charge in [-0.25, -0.2) is 4.98 Å². The molecule has 0 saturated carbocycles. The maximum atomic E-state index is 12.6. The van der Waals surface area contributed by atoms with Crippen molar-refractivity contribution in [3.8, 4) is 11.5 Å². The van der Waals surface area contributed by atoms with Crippen molar-refractivity contribution >= 4 is 22.4 Å². The van der Waals surface area contributed by atoms with Crippen LogP contribution in [0.3, 0.4) is 0 Å². The first-order valence-corrected chi connectivity index (χ1v) is 10.3. The fraction of sp³-hybridized carbons (Fsp3) is 0.500. The first-order chi connectivity index (χ1) is 13.5. The zero-order chi connectivity index (χ0) is 20.1. The predicted octanol–water partition coefficient (Wildman–Crippen LogP) is 3.41. The summed E-state index contributed by atoms with van der Waals surface area (Å²) in [6.45, 7) is 9.12. The molecule has 1 aliphatic heterocycles. The number of hydrogen-bond acceptors (Lipinski definition) is 7. The number of thiazole rings is 1. The standard InChI is InChI=1S/C20H27N3O4S/c1-5-26-17-7-6-15(8-18(17)25-4)19(24)22-20-21-16(12-28-20)11-23-9-13(2)27-14(3)10-23/h6-8,12-14H,5,9-11H2,1-4H3,(H,21,22,24)/t13-,14-/m0/s1. The summed E-state index contributed by atoms with van der Waals surface area (Å²) < 4.78 is 16.6. The number of anilines is 1. The number of hydrogen-bond donors (Lipinski definition) is 1. The Hall–Kier alpha value is -2.16. The highest BCUT2D eigenvalue weighted by atomic mass is 32.1. The van der Waals surface area contributed by atoms with Crippen molar-refractivity contribution in [3.05, 3.63) is 34.8 Å². The van der Waals surface area contributed by atoms with Crippen molar-refractivity contribution in [1.82, 2.24) is 9.88 Å². The summed E-state index contributed by atoms with van der Waals surface area (Å²) in [7, 11) is 1.56. The second kappa shape index (κ2) is 9.36. The molecule has 1 aromatic carbocycles. The number of aromatic nitrogens is 1. The van der Waals surface area contributed by atoms with Crippen LogP contribution in [0.4, 0.5) is 5.13 Å². The molecule has 0 unspecified atom stereocenters. The van der Waals surface area contributed by atoms with Gasteiger partial charge in [-0.1, -0.05) is 0 Å². The Bertz CT molecular complexity index is 800. The van der Waals surface area contributed by atoms with E-state index in [1.807, 2.05) is 12.3 Å². The number of nitrogens with one attached hydrogen (secondary N) is 1. The first-order valence-electron chi connectivity index (χ1n) is 9.42. The number of carbonyl (C=O) groups is 1. The van der Waals surface area contributed by atoms with Crippen molar-refractivity contribution in [2.45, 2.75) is 39.5 Å². The Morgan fingerprint density at radius 3 is 2.75 bits per heavy atom. The number of nitrogens with zero attached hydrogens (tertiary/aromatic N) is 2. The van der Waals surface area contributed by atoms with E-state index in [2.05, 4.69) is 29.0 Å². The molecule has 7 nitrogen and oxygen atoms in total. The van der Waals surface area contributed by atoms with Gasteiger partial charge in [0.1, 0.15) is 0 Å². The molecule has 0 spiro atoms. The van der Waals surface area contributed by atoms with Crippen molar-refractivity contribution < 1.29 is 19.0 Å². The molecule has 0 radical (unpaired) electrons. The molecule has 28 heavy (non-hydrogen) atoms. The van der Waals surface area contributed by atoms with Crippen molar-refractivity contribution in [2.24, 2.45) is 0 Å². The number of ether oxygens (including phenoxy) is 3. The summed E-state index contributed by atoms with van der Waals surface area (Å²) >= 11 is 1.43. The Balaban J connectivity index is 1.62. The van der Waals surface area contributed by atoms with E-state index in [9.17, 15) is 4.79 Å². The Kier molecular flexibility index (Phi) is 6.88. The SMILES string of the molecule is CCOc1ccc(C(=O)Nc2nc(CN3C[C@H](C)O[C@@H](C)C3)cs2)cc1OC. The number of amides is 1. The zero-order valence-corrected chi connectivity index (χ0v) is 17.5. The van der Waals surface area contributed by atoms with E-state index < -0.39 is 0 Å². The lowest BCUT2D eigenvalue weighted by molar-refractivity contribution is -0.0707. The van der Waals surface area contributed by atoms with Crippen molar-refractivity contribution in [2.75, 3.05) is 32.1 Å². The van der Waals surface area contributed by atoms with Gasteiger partial charge < -0.3 is 14.2 Å². The Morgan fingerprint density at radius 1 is 1.32 bits per heavy atom. The van der Waals surface area contributed by atoms with Gasteiger partial charge in [-0.3, -0.25) is 15.0 Å². The van der Waals surface area contributed by atoms with Crippen LogP contribution in [0.15, 0.2) is 23.6 Å². The lowest BCUT2D eigenvalue weighted by atomic mass is 10.2. The average Bonchev–Trinajstić information content (AvgIpc) is 3.08. The first kappa shape index (κ1) is 20.6. The summed E-state index contributed by atoms with van der Waals surface area (Å²) in [5, 5.41) is 5.44. The average molecular weight is 406 g/mol. The normalized spacial score (nSPS) is 20.0. The second-order valence-electron chi connectivity index (χ2n) is 6.85. The smallest absolute Gasteiger partial charge is 0.257 e. The number of methoxy groups -OCH3 is 1. The van der Waals surface area contributed by atoms with Gasteiger partial charge in [0.2, 0.25) is 0 Å². The molecule has 1 N–H and O–H groups in total. The highest BCUT2D eigenvalue weighted by Gasteiger charge is 2.23. The van der Waals surface area contributed by atoms with E-state index in [-0.39, 0.29) is 18.1 Å². The van der Waals surface area contributed by atoms with E-state index in [4.69, 9.17) is 14.2 Å². The molecular formula is C20H27N3O4S. The van der Waals surface area contributed by atoms with Crippen LogP contribution in [0.5, 0.6) is 11.5 Å². The molecule has 3 rings (SSSR count). The second-order valence-corrected chi connectivity index (χ2v) is 7.71. The number of morpholine rings is 1. The molecule has 2 atom stereocenters. The molecule has 1 aromatic heterocycles. The highest BCUT2D eigenvalue weighted by Crippen LogP contribution is 2.28. The highest BCUT2D eigenvalue weighted by molar-refractivity contribution is 7.13. The quantitative estimate of drug-likeness (QED) is 0.761. The molecule has 0 bridgehead atoms. The largest absolute Gasteiger partial charge is 0.493 e. The van der Waals surface area contributed by atoms with Crippen LogP contribution in [0.2, 0.25) is 0 Å². The van der Waals surface area contributed by atoms with Crippen LogP contribution in [0.1, 0.15) is 36.8 Å². The number of carbonyl (C=O) groups excluding carboxylic acids is 1. The molecule has 1 aliphatic rings. The van der Waals surface area contributed by atoms with Gasteiger partial charge in [-0.2, -0.15) is 0 Å². The van der Waals surface area contributed by atoms with E-state index >= 15 is 0 Å². The van der Waals surface area contributed by atoms with Gasteiger partial charge in [0, 0.05) is 30.6 Å². The fourth-order valence-electron chi connectivity index (χ4n) is 3.33. The fourth-order valence-corrected chi connectivity index (χ4v) is 4.03. The third-order valence-corrected chi connectivity index (χ3v) is 5.19. The third-order valence-electron chi connectivity index (χ3n) is 4.38. The van der Waals surface area contributed by atoms with Crippen LogP contribution in [-0.4, -0.2) is 54.8 Å². The molecule has 1 saturated heterocycles. The van der Waals surface area contributed by atoms with Crippen LogP contribution in [0, 0.1) is 0 Å². The molecule has 8 heteroatoms. The van der Waals surface area contributed by atoms with Gasteiger partial charge in [0.25, 0.3) is 5.91 Å². The van der Waals surface area contributed by atoms with Crippen LogP contribution in [0.25, 0.3) is 0 Å². The van der Waals surface area contributed by atoms with E-state index in [0.717, 1.165) is 25.3 Å². The topological polar surface area (TPSA) is 72.9 Å². The van der Waals surface area contributed by atoms with Gasteiger partial charge in [0.15, 0.2) is 16.6 Å². The number of benzene rings is 1. The van der Waals surface area contributed by atoms with E-state index in [1.165, 1.54) is 11.3 Å². The summed E-state index contributed by atoms with van der Waals surface area (Å²) in [4.78, 5) is 19.5. The summed E-state index contributed by atoms with van der Waals surface area (Å²) in [5.74, 6) is 0.924. The molecule has 0 aliphatic carbocycles. The van der Waals surface area contributed by atoms with Crippen LogP contribution >= 0.6 is 11.3 Å². The Labute approximate surface area is 169 Å². The lowest BCUT2D eigenvalue weighted by Gasteiger charge is -2.34. The maximum Gasteiger partial charge on any atom is 0.257 e. The molecular weight excluding hydrogens is 378 g/mol. The van der Waals surface area contributed by atoms with Gasteiger partial charge >= 0.3 is 0 Å². The molecule has 152 valence electrons. The van der Waals surface area contributed by atoms with E-state index in [1.54, 1.807) is 25.3 Å². The van der Waals surface area contributed by atoms with Gasteiger partial charge in [-0.05, 0) is 39.0 Å². The van der Waals surface area contributed by atoms with Crippen molar-refractivity contribution in [3.63, 3.8) is 0 Å². The minimum atomic E-state index is -0.226. The van der Waals surface area contributed by atoms with E-state index in [0.29, 0.717) is 28.8 Å². The Morgan fingerprint density at radius 2 is 2.07 bits per heavy atom. The minimum absolute atomic E-state index is 0.219.